The summed E-state index contributed by atoms with van der Waals surface area (Å²) < 4.78 is 13.4. The van der Waals surface area contributed by atoms with Crippen molar-refractivity contribution in [3.8, 4) is 11.1 Å². The van der Waals surface area contributed by atoms with E-state index in [0.29, 0.717) is 11.8 Å². The Morgan fingerprint density at radius 3 is 2.76 bits per heavy atom. The van der Waals surface area contributed by atoms with Crippen molar-refractivity contribution >= 4 is 12.2 Å². The molecular weight excluding hydrogens is 367 g/mol. The van der Waals surface area contributed by atoms with Crippen LogP contribution < -0.4 is 0 Å². The highest BCUT2D eigenvalue weighted by atomic mass is 19.1. The van der Waals surface area contributed by atoms with Gasteiger partial charge in [-0.2, -0.15) is 0 Å². The van der Waals surface area contributed by atoms with Crippen molar-refractivity contribution in [2.75, 3.05) is 7.05 Å². The number of fused-ring (bicyclic) bond motifs is 1. The van der Waals surface area contributed by atoms with E-state index in [1.807, 2.05) is 24.3 Å². The van der Waals surface area contributed by atoms with Crippen LogP contribution in [0.1, 0.15) is 37.8 Å². The average molecular weight is 394 g/mol. The number of hydrogen-bond acceptors (Lipinski definition) is 2. The monoisotopic (exact) mass is 394 g/mol. The lowest BCUT2D eigenvalue weighted by molar-refractivity contribution is 0.129. The molecule has 1 N–H and O–H groups in total. The SMILES string of the molecule is CN(C(=O)O)[C@H]1C[C@H]2CCCC[C@H]2[C@@H]1C=Cc1ccc(-c2cccc(F)c2)cn1. The number of carboxylic acid groups (broad SMARTS) is 1. The Labute approximate surface area is 171 Å². The van der Waals surface area contributed by atoms with Crippen LogP contribution in [0.3, 0.4) is 0 Å². The van der Waals surface area contributed by atoms with E-state index < -0.39 is 6.09 Å². The van der Waals surface area contributed by atoms with Crippen molar-refractivity contribution in [3.05, 3.63) is 60.2 Å². The molecule has 0 saturated heterocycles. The van der Waals surface area contributed by atoms with Crippen LogP contribution in [0.4, 0.5) is 9.18 Å². The van der Waals surface area contributed by atoms with E-state index in [4.69, 9.17) is 0 Å². The minimum Gasteiger partial charge on any atom is -0.465 e. The number of amides is 1. The third-order valence-electron chi connectivity index (χ3n) is 6.68. The molecule has 2 aromatic rings. The van der Waals surface area contributed by atoms with Gasteiger partial charge in [-0.3, -0.25) is 4.98 Å². The van der Waals surface area contributed by atoms with Gasteiger partial charge in [0, 0.05) is 30.8 Å². The molecule has 2 aliphatic carbocycles. The first-order valence-corrected chi connectivity index (χ1v) is 10.4. The maximum absolute atomic E-state index is 13.4. The standard InChI is InChI=1S/C24H27FN2O2/c1-27(24(28)29)23-14-17-5-2-3-8-21(17)22(23)12-11-20-10-9-18(15-26-20)16-6-4-7-19(25)13-16/h4,6-7,9-13,15,17,21-23H,2-3,5,8,14H2,1H3,(H,28,29)/t17-,21-,22+,23+/m1/s1. The fourth-order valence-corrected chi connectivity index (χ4v) is 5.17. The van der Waals surface area contributed by atoms with Crippen LogP contribution >= 0.6 is 0 Å². The van der Waals surface area contributed by atoms with Crippen LogP contribution in [-0.2, 0) is 0 Å². The number of pyridine rings is 1. The Morgan fingerprint density at radius 2 is 2.03 bits per heavy atom. The molecule has 1 heterocycles. The molecule has 2 aliphatic rings. The minimum absolute atomic E-state index is 0.0309. The highest BCUT2D eigenvalue weighted by Crippen LogP contribution is 2.48. The molecule has 0 aliphatic heterocycles. The summed E-state index contributed by atoms with van der Waals surface area (Å²) in [5, 5.41) is 9.50. The van der Waals surface area contributed by atoms with Gasteiger partial charge in [-0.05, 0) is 54.5 Å². The average Bonchev–Trinajstić information content (AvgIpc) is 3.10. The second-order valence-corrected chi connectivity index (χ2v) is 8.32. The highest BCUT2D eigenvalue weighted by molar-refractivity contribution is 5.65. The zero-order chi connectivity index (χ0) is 20.4. The van der Waals surface area contributed by atoms with Gasteiger partial charge >= 0.3 is 6.09 Å². The lowest BCUT2D eigenvalue weighted by Crippen LogP contribution is -2.38. The molecule has 0 radical (unpaired) electrons. The normalized spacial score (nSPS) is 26.4. The molecule has 1 aromatic heterocycles. The minimum atomic E-state index is -0.857. The van der Waals surface area contributed by atoms with Gasteiger partial charge in [0.2, 0.25) is 0 Å². The molecule has 1 aromatic carbocycles. The Morgan fingerprint density at radius 1 is 1.21 bits per heavy atom. The molecule has 2 saturated carbocycles. The lowest BCUT2D eigenvalue weighted by Gasteiger charge is -2.30. The van der Waals surface area contributed by atoms with Gasteiger partial charge in [0.05, 0.1) is 5.69 Å². The summed E-state index contributed by atoms with van der Waals surface area (Å²) >= 11 is 0. The Kier molecular flexibility index (Phi) is 5.65. The molecule has 152 valence electrons. The van der Waals surface area contributed by atoms with Crippen LogP contribution in [-0.4, -0.2) is 34.2 Å². The van der Waals surface area contributed by atoms with Gasteiger partial charge < -0.3 is 10.0 Å². The van der Waals surface area contributed by atoms with E-state index in [1.165, 1.54) is 42.7 Å². The van der Waals surface area contributed by atoms with Crippen LogP contribution in [0.25, 0.3) is 17.2 Å². The summed E-state index contributed by atoms with van der Waals surface area (Å²) in [5.41, 5.74) is 2.51. The summed E-state index contributed by atoms with van der Waals surface area (Å²) in [6.07, 6.45) is 10.9. The molecule has 0 unspecified atom stereocenters. The number of hydrogen-bond donors (Lipinski definition) is 1. The van der Waals surface area contributed by atoms with Crippen molar-refractivity contribution in [2.45, 2.75) is 38.1 Å². The zero-order valence-corrected chi connectivity index (χ0v) is 16.7. The smallest absolute Gasteiger partial charge is 0.407 e. The number of benzene rings is 1. The summed E-state index contributed by atoms with van der Waals surface area (Å²) in [7, 11) is 1.69. The molecule has 29 heavy (non-hydrogen) atoms. The quantitative estimate of drug-likeness (QED) is 0.723. The molecule has 4 atom stereocenters. The fraction of sp³-hybridized carbons (Fsp3) is 0.417. The van der Waals surface area contributed by atoms with Crippen molar-refractivity contribution in [2.24, 2.45) is 17.8 Å². The molecule has 5 heteroatoms. The molecule has 0 bridgehead atoms. The Balaban J connectivity index is 1.53. The molecule has 4 nitrogen and oxygen atoms in total. The summed E-state index contributed by atoms with van der Waals surface area (Å²) in [4.78, 5) is 17.6. The molecule has 1 amide bonds. The van der Waals surface area contributed by atoms with E-state index in [1.54, 1.807) is 19.3 Å². The highest BCUT2D eigenvalue weighted by Gasteiger charge is 2.45. The summed E-state index contributed by atoms with van der Waals surface area (Å²) in [6.45, 7) is 0. The molecule has 4 rings (SSSR count). The maximum Gasteiger partial charge on any atom is 0.407 e. The van der Waals surface area contributed by atoms with Crippen LogP contribution in [0.15, 0.2) is 48.7 Å². The summed E-state index contributed by atoms with van der Waals surface area (Å²) in [5.74, 6) is 1.14. The van der Waals surface area contributed by atoms with E-state index >= 15 is 0 Å². The first-order chi connectivity index (χ1) is 14.0. The van der Waals surface area contributed by atoms with Crippen LogP contribution in [0.2, 0.25) is 0 Å². The van der Waals surface area contributed by atoms with E-state index in [-0.39, 0.29) is 17.8 Å². The maximum atomic E-state index is 13.4. The molecular formula is C24H27FN2O2. The van der Waals surface area contributed by atoms with E-state index in [0.717, 1.165) is 23.2 Å². The van der Waals surface area contributed by atoms with E-state index in [2.05, 4.69) is 11.1 Å². The number of halogens is 1. The third-order valence-corrected chi connectivity index (χ3v) is 6.68. The van der Waals surface area contributed by atoms with Gasteiger partial charge in [-0.1, -0.05) is 43.5 Å². The van der Waals surface area contributed by atoms with Crippen molar-refractivity contribution in [1.29, 1.82) is 0 Å². The predicted molar refractivity (Wildman–Crippen MR) is 112 cm³/mol. The number of rotatable bonds is 4. The fourth-order valence-electron chi connectivity index (χ4n) is 5.17. The summed E-state index contributed by atoms with van der Waals surface area (Å²) in [6, 6.07) is 10.4. The predicted octanol–water partition coefficient (Wildman–Crippen LogP) is 5.71. The Hall–Kier alpha value is -2.69. The van der Waals surface area contributed by atoms with Crippen molar-refractivity contribution < 1.29 is 14.3 Å². The largest absolute Gasteiger partial charge is 0.465 e. The van der Waals surface area contributed by atoms with Gasteiger partial charge in [0.25, 0.3) is 0 Å². The lowest BCUT2D eigenvalue weighted by atomic mass is 9.78. The topological polar surface area (TPSA) is 53.4 Å². The van der Waals surface area contributed by atoms with Crippen LogP contribution in [0.5, 0.6) is 0 Å². The van der Waals surface area contributed by atoms with Crippen LogP contribution in [0, 0.1) is 23.6 Å². The van der Waals surface area contributed by atoms with Crippen molar-refractivity contribution in [1.82, 2.24) is 9.88 Å². The van der Waals surface area contributed by atoms with Gasteiger partial charge in [-0.25, -0.2) is 9.18 Å². The first kappa shape index (κ1) is 19.6. The number of aromatic nitrogens is 1. The molecule has 2 fully saturated rings. The first-order valence-electron chi connectivity index (χ1n) is 10.4. The number of carbonyl (C=O) groups is 1. The second-order valence-electron chi connectivity index (χ2n) is 8.32. The van der Waals surface area contributed by atoms with Gasteiger partial charge in [-0.15, -0.1) is 0 Å². The number of nitrogens with zero attached hydrogens (tertiary/aromatic N) is 2. The second kappa shape index (κ2) is 8.36. The van der Waals surface area contributed by atoms with Gasteiger partial charge in [0.15, 0.2) is 0 Å². The Bertz CT molecular complexity index is 896. The molecule has 0 spiro atoms. The zero-order valence-electron chi connectivity index (χ0n) is 16.7. The van der Waals surface area contributed by atoms with Crippen molar-refractivity contribution in [3.63, 3.8) is 0 Å². The van der Waals surface area contributed by atoms with Gasteiger partial charge in [0.1, 0.15) is 5.82 Å². The van der Waals surface area contributed by atoms with E-state index in [9.17, 15) is 14.3 Å². The third kappa shape index (κ3) is 4.19.